The first kappa shape index (κ1) is 16.6. The molecule has 3 rings (SSSR count). The molecule has 1 spiro atoms. The summed E-state index contributed by atoms with van der Waals surface area (Å²) in [6, 6.07) is 0.236. The summed E-state index contributed by atoms with van der Waals surface area (Å²) < 4.78 is 5.58. The second-order valence-electron chi connectivity index (χ2n) is 7.93. The third-order valence-corrected chi connectivity index (χ3v) is 6.05. The number of amides is 3. The molecule has 1 N–H and O–H groups in total. The van der Waals surface area contributed by atoms with E-state index in [4.69, 9.17) is 4.74 Å². The van der Waals surface area contributed by atoms with Gasteiger partial charge in [0.1, 0.15) is 0 Å². The molecule has 6 heteroatoms. The van der Waals surface area contributed by atoms with Crippen LogP contribution in [0.15, 0.2) is 0 Å². The normalized spacial score (nSPS) is 31.4. The molecule has 0 atom stereocenters. The summed E-state index contributed by atoms with van der Waals surface area (Å²) >= 11 is 0. The maximum Gasteiger partial charge on any atom is 0.317 e. The SMILES string of the molecule is COC1(CC(=O)N2CCC3(CC(NC(=O)N(C)C)C3)C2)CCC1. The maximum atomic E-state index is 12.6. The van der Waals surface area contributed by atoms with Gasteiger partial charge in [0.25, 0.3) is 0 Å². The lowest BCUT2D eigenvalue weighted by atomic mass is 9.65. The molecule has 0 bridgehead atoms. The van der Waals surface area contributed by atoms with Crippen LogP contribution >= 0.6 is 0 Å². The monoisotopic (exact) mass is 323 g/mol. The molecule has 23 heavy (non-hydrogen) atoms. The average Bonchev–Trinajstić information content (AvgIpc) is 2.87. The Bertz CT molecular complexity index is 476. The van der Waals surface area contributed by atoms with Gasteiger partial charge in [-0.05, 0) is 43.9 Å². The number of hydrogen-bond acceptors (Lipinski definition) is 3. The largest absolute Gasteiger partial charge is 0.378 e. The Hall–Kier alpha value is -1.30. The fraction of sp³-hybridized carbons (Fsp3) is 0.882. The third-order valence-electron chi connectivity index (χ3n) is 6.05. The molecule has 130 valence electrons. The smallest absolute Gasteiger partial charge is 0.317 e. The topological polar surface area (TPSA) is 61.9 Å². The van der Waals surface area contributed by atoms with Crippen molar-refractivity contribution in [2.45, 2.75) is 56.6 Å². The van der Waals surface area contributed by atoms with Crippen molar-refractivity contribution in [3.8, 4) is 0 Å². The van der Waals surface area contributed by atoms with Crippen LogP contribution in [0.2, 0.25) is 0 Å². The molecule has 0 radical (unpaired) electrons. The lowest BCUT2D eigenvalue weighted by Gasteiger charge is -2.46. The fourth-order valence-electron chi connectivity index (χ4n) is 4.28. The van der Waals surface area contributed by atoms with Gasteiger partial charge in [-0.1, -0.05) is 0 Å². The van der Waals surface area contributed by atoms with E-state index in [-0.39, 0.29) is 29.0 Å². The number of carbonyl (C=O) groups is 2. The first-order valence-electron chi connectivity index (χ1n) is 8.68. The van der Waals surface area contributed by atoms with Gasteiger partial charge in [0.2, 0.25) is 5.91 Å². The van der Waals surface area contributed by atoms with Gasteiger partial charge in [-0.25, -0.2) is 4.79 Å². The number of nitrogens with zero attached hydrogens (tertiary/aromatic N) is 2. The predicted octanol–water partition coefficient (Wildman–Crippen LogP) is 1.60. The van der Waals surface area contributed by atoms with Crippen LogP contribution < -0.4 is 5.32 Å². The summed E-state index contributed by atoms with van der Waals surface area (Å²) in [5.41, 5.74) is 0.0500. The molecule has 0 aromatic heterocycles. The highest BCUT2D eigenvalue weighted by Crippen LogP contribution is 2.49. The second-order valence-corrected chi connectivity index (χ2v) is 7.93. The molecule has 2 saturated carbocycles. The molecule has 2 aliphatic carbocycles. The molecule has 0 aromatic carbocycles. The molecular formula is C17H29N3O3. The zero-order valence-corrected chi connectivity index (χ0v) is 14.6. The van der Waals surface area contributed by atoms with Crippen molar-refractivity contribution >= 4 is 11.9 Å². The number of hydrogen-bond donors (Lipinski definition) is 1. The van der Waals surface area contributed by atoms with Gasteiger partial charge in [0.15, 0.2) is 0 Å². The summed E-state index contributed by atoms with van der Waals surface area (Å²) in [7, 11) is 5.24. The summed E-state index contributed by atoms with van der Waals surface area (Å²) in [5, 5.41) is 3.04. The van der Waals surface area contributed by atoms with Crippen LogP contribution in [0.3, 0.4) is 0 Å². The van der Waals surface area contributed by atoms with E-state index in [9.17, 15) is 9.59 Å². The Morgan fingerprint density at radius 3 is 2.48 bits per heavy atom. The Morgan fingerprint density at radius 1 is 1.26 bits per heavy atom. The van der Waals surface area contributed by atoms with Gasteiger partial charge in [0.05, 0.1) is 12.0 Å². The van der Waals surface area contributed by atoms with Gasteiger partial charge >= 0.3 is 6.03 Å². The van der Waals surface area contributed by atoms with Gasteiger partial charge in [-0.2, -0.15) is 0 Å². The summed E-state index contributed by atoms with van der Waals surface area (Å²) in [4.78, 5) is 27.8. The van der Waals surface area contributed by atoms with Crippen molar-refractivity contribution in [1.29, 1.82) is 0 Å². The van der Waals surface area contributed by atoms with Crippen molar-refractivity contribution in [3.05, 3.63) is 0 Å². The van der Waals surface area contributed by atoms with E-state index in [1.54, 1.807) is 26.1 Å². The van der Waals surface area contributed by atoms with Crippen molar-refractivity contribution in [3.63, 3.8) is 0 Å². The molecule has 3 amide bonds. The highest BCUT2D eigenvalue weighted by atomic mass is 16.5. The molecule has 0 aromatic rings. The van der Waals surface area contributed by atoms with Crippen LogP contribution in [-0.2, 0) is 9.53 Å². The molecule has 0 unspecified atom stereocenters. The highest BCUT2D eigenvalue weighted by Gasteiger charge is 2.50. The van der Waals surface area contributed by atoms with E-state index in [1.807, 2.05) is 4.90 Å². The minimum absolute atomic E-state index is 0.0252. The molecular weight excluding hydrogens is 294 g/mol. The zero-order valence-electron chi connectivity index (χ0n) is 14.6. The molecule has 3 aliphatic rings. The summed E-state index contributed by atoms with van der Waals surface area (Å²) in [5.74, 6) is 0.240. The summed E-state index contributed by atoms with van der Waals surface area (Å²) in [6.07, 6.45) is 6.75. The van der Waals surface area contributed by atoms with E-state index in [0.29, 0.717) is 6.42 Å². The van der Waals surface area contributed by atoms with Crippen molar-refractivity contribution in [2.75, 3.05) is 34.3 Å². The van der Waals surface area contributed by atoms with E-state index in [0.717, 1.165) is 51.6 Å². The number of ether oxygens (including phenoxy) is 1. The van der Waals surface area contributed by atoms with E-state index >= 15 is 0 Å². The quantitative estimate of drug-likeness (QED) is 0.855. The van der Waals surface area contributed by atoms with Crippen molar-refractivity contribution in [1.82, 2.24) is 15.1 Å². The van der Waals surface area contributed by atoms with Crippen LogP contribution in [0, 0.1) is 5.41 Å². The van der Waals surface area contributed by atoms with E-state index < -0.39 is 0 Å². The third kappa shape index (κ3) is 3.18. The highest BCUT2D eigenvalue weighted by molar-refractivity contribution is 5.78. The Kier molecular flexibility index (Phi) is 4.29. The minimum atomic E-state index is -0.186. The second kappa shape index (κ2) is 5.96. The molecule has 1 aliphatic heterocycles. The number of rotatable bonds is 4. The Labute approximate surface area is 138 Å². The lowest BCUT2D eigenvalue weighted by molar-refractivity contribution is -0.143. The predicted molar refractivity (Wildman–Crippen MR) is 87.1 cm³/mol. The number of likely N-dealkylation sites (tertiary alicyclic amines) is 1. The van der Waals surface area contributed by atoms with E-state index in [2.05, 4.69) is 5.32 Å². The first-order valence-corrected chi connectivity index (χ1v) is 8.68. The minimum Gasteiger partial charge on any atom is -0.378 e. The summed E-state index contributed by atoms with van der Waals surface area (Å²) in [6.45, 7) is 1.70. The lowest BCUT2D eigenvalue weighted by Crippen LogP contribution is -2.54. The van der Waals surface area contributed by atoms with Gasteiger partial charge in [0, 0.05) is 40.3 Å². The molecule has 6 nitrogen and oxygen atoms in total. The zero-order chi connectivity index (χ0) is 16.7. The number of nitrogens with one attached hydrogen (secondary N) is 1. The molecule has 1 saturated heterocycles. The maximum absolute atomic E-state index is 12.6. The standard InChI is InChI=1S/C17H29N3O3/c1-19(2)15(22)18-13-9-16(10-13)7-8-20(12-16)14(21)11-17(23-3)5-4-6-17/h13H,4-12H2,1-3H3,(H,18,22). The van der Waals surface area contributed by atoms with Gasteiger partial charge < -0.3 is 19.9 Å². The average molecular weight is 323 g/mol. The van der Waals surface area contributed by atoms with Crippen LogP contribution in [0.5, 0.6) is 0 Å². The van der Waals surface area contributed by atoms with Crippen LogP contribution in [0.4, 0.5) is 4.79 Å². The van der Waals surface area contributed by atoms with Crippen LogP contribution in [0.25, 0.3) is 0 Å². The van der Waals surface area contributed by atoms with Gasteiger partial charge in [-0.15, -0.1) is 0 Å². The number of carbonyl (C=O) groups excluding carboxylic acids is 2. The molecule has 3 fully saturated rings. The number of urea groups is 1. The van der Waals surface area contributed by atoms with Crippen LogP contribution in [0.1, 0.15) is 44.9 Å². The van der Waals surface area contributed by atoms with Gasteiger partial charge in [-0.3, -0.25) is 4.79 Å². The van der Waals surface area contributed by atoms with Crippen LogP contribution in [-0.4, -0.2) is 67.7 Å². The van der Waals surface area contributed by atoms with Crippen molar-refractivity contribution < 1.29 is 14.3 Å². The van der Waals surface area contributed by atoms with E-state index in [1.165, 1.54) is 0 Å². The first-order chi connectivity index (χ1) is 10.9. The Balaban J connectivity index is 1.46. The Morgan fingerprint density at radius 2 is 1.96 bits per heavy atom. The number of methoxy groups -OCH3 is 1. The van der Waals surface area contributed by atoms with Crippen molar-refractivity contribution in [2.24, 2.45) is 5.41 Å². The fourth-order valence-corrected chi connectivity index (χ4v) is 4.28. The molecule has 1 heterocycles.